The number of aryl methyl sites for hydroxylation is 1. The molecule has 4 rings (SSSR count). The lowest BCUT2D eigenvalue weighted by atomic mass is 9.82. The highest BCUT2D eigenvalue weighted by molar-refractivity contribution is 6.06. The van der Waals surface area contributed by atoms with Gasteiger partial charge in [-0.15, -0.1) is 0 Å². The smallest absolute Gasteiger partial charge is 0.336 e. The molecule has 0 aromatic heterocycles. The molecule has 0 N–H and O–H groups in total. The van der Waals surface area contributed by atoms with Gasteiger partial charge in [0.2, 0.25) is 5.91 Å². The normalized spacial score (nSPS) is 19.9. The molecule has 25 heavy (non-hydrogen) atoms. The number of esters is 1. The van der Waals surface area contributed by atoms with Crippen LogP contribution in [-0.2, 0) is 14.3 Å². The molecule has 2 heterocycles. The van der Waals surface area contributed by atoms with Crippen LogP contribution in [0.3, 0.4) is 0 Å². The molecule has 0 bridgehead atoms. The quantitative estimate of drug-likeness (QED) is 0.789. The highest BCUT2D eigenvalue weighted by Crippen LogP contribution is 2.42. The number of anilines is 1. The number of carbonyl (C=O) groups excluding carboxylic acids is 2. The topological polar surface area (TPSA) is 46.6 Å². The van der Waals surface area contributed by atoms with Crippen LogP contribution in [-0.4, -0.2) is 18.5 Å². The zero-order valence-corrected chi connectivity index (χ0v) is 13.7. The number of hydrogen-bond donors (Lipinski definition) is 0. The number of amides is 1. The first-order valence-corrected chi connectivity index (χ1v) is 8.10. The molecule has 0 aliphatic carbocycles. The predicted molar refractivity (Wildman–Crippen MR) is 90.4 cm³/mol. The van der Waals surface area contributed by atoms with E-state index in [9.17, 15) is 14.0 Å². The second-order valence-electron chi connectivity index (χ2n) is 6.26. The first-order chi connectivity index (χ1) is 12.1. The fourth-order valence-electron chi connectivity index (χ4n) is 3.59. The summed E-state index contributed by atoms with van der Waals surface area (Å²) in [5.41, 5.74) is 3.61. The molecule has 2 aromatic rings. The fourth-order valence-corrected chi connectivity index (χ4v) is 3.59. The number of halogens is 1. The van der Waals surface area contributed by atoms with E-state index in [0.29, 0.717) is 17.0 Å². The zero-order valence-electron chi connectivity index (χ0n) is 13.7. The number of rotatable bonds is 2. The number of benzene rings is 2. The molecule has 2 aromatic carbocycles. The minimum absolute atomic E-state index is 0.0552. The molecular weight excluding hydrogens is 321 g/mol. The van der Waals surface area contributed by atoms with E-state index in [1.807, 2.05) is 31.2 Å². The van der Waals surface area contributed by atoms with Gasteiger partial charge < -0.3 is 4.74 Å². The lowest BCUT2D eigenvalue weighted by Gasteiger charge is -2.32. The Labute approximate surface area is 144 Å². The molecule has 0 saturated carbocycles. The minimum atomic E-state index is -0.386. The van der Waals surface area contributed by atoms with E-state index in [1.165, 1.54) is 29.2 Å². The largest absolute Gasteiger partial charge is 0.456 e. The van der Waals surface area contributed by atoms with Crippen molar-refractivity contribution in [1.82, 2.24) is 0 Å². The summed E-state index contributed by atoms with van der Waals surface area (Å²) in [5.74, 6) is -1.20. The van der Waals surface area contributed by atoms with Gasteiger partial charge in [-0.25, -0.2) is 9.18 Å². The maximum atomic E-state index is 13.2. The molecule has 1 amide bonds. The first kappa shape index (κ1) is 15.6. The average molecular weight is 337 g/mol. The lowest BCUT2D eigenvalue weighted by Crippen LogP contribution is -2.37. The summed E-state index contributed by atoms with van der Waals surface area (Å²) in [6.07, 6.45) is 0.177. The third-order valence-corrected chi connectivity index (χ3v) is 4.77. The molecule has 0 radical (unpaired) electrons. The average Bonchev–Trinajstić information content (AvgIpc) is 2.98. The maximum Gasteiger partial charge on any atom is 0.336 e. The van der Waals surface area contributed by atoms with Crippen molar-refractivity contribution >= 4 is 17.6 Å². The van der Waals surface area contributed by atoms with Gasteiger partial charge in [-0.05, 0) is 42.3 Å². The van der Waals surface area contributed by atoms with Crippen molar-refractivity contribution in [3.8, 4) is 0 Å². The van der Waals surface area contributed by atoms with Gasteiger partial charge in [0.15, 0.2) is 0 Å². The maximum absolute atomic E-state index is 13.2. The van der Waals surface area contributed by atoms with Crippen LogP contribution in [0.4, 0.5) is 10.1 Å². The third-order valence-electron chi connectivity index (χ3n) is 4.77. The SMILES string of the molecule is Cc1ccccc1C1CC(=O)N(c2ccc(F)cc2)C2=C1C(=O)OC2. The van der Waals surface area contributed by atoms with E-state index in [4.69, 9.17) is 4.74 Å². The molecule has 1 unspecified atom stereocenters. The monoisotopic (exact) mass is 337 g/mol. The molecule has 1 atom stereocenters. The van der Waals surface area contributed by atoms with Crippen LogP contribution in [0.5, 0.6) is 0 Å². The van der Waals surface area contributed by atoms with Crippen LogP contribution in [0.1, 0.15) is 23.5 Å². The van der Waals surface area contributed by atoms with Gasteiger partial charge in [0.25, 0.3) is 0 Å². The molecule has 2 aliphatic heterocycles. The van der Waals surface area contributed by atoms with Gasteiger partial charge in [0.1, 0.15) is 12.4 Å². The van der Waals surface area contributed by atoms with Crippen molar-refractivity contribution in [2.75, 3.05) is 11.5 Å². The van der Waals surface area contributed by atoms with Crippen LogP contribution >= 0.6 is 0 Å². The van der Waals surface area contributed by atoms with Gasteiger partial charge in [-0.3, -0.25) is 9.69 Å². The summed E-state index contributed by atoms with van der Waals surface area (Å²) < 4.78 is 18.4. The van der Waals surface area contributed by atoms with E-state index in [1.54, 1.807) is 0 Å². The number of hydrogen-bond acceptors (Lipinski definition) is 3. The zero-order chi connectivity index (χ0) is 17.6. The number of cyclic esters (lactones) is 1. The molecule has 126 valence electrons. The Kier molecular flexibility index (Phi) is 3.64. The fraction of sp³-hybridized carbons (Fsp3) is 0.200. The van der Waals surface area contributed by atoms with Crippen LogP contribution in [0, 0.1) is 12.7 Å². The van der Waals surface area contributed by atoms with Crippen molar-refractivity contribution in [2.45, 2.75) is 19.3 Å². The van der Waals surface area contributed by atoms with Crippen molar-refractivity contribution in [1.29, 1.82) is 0 Å². The van der Waals surface area contributed by atoms with Gasteiger partial charge in [0, 0.05) is 18.0 Å². The van der Waals surface area contributed by atoms with E-state index < -0.39 is 0 Å². The number of ether oxygens (including phenoxy) is 1. The summed E-state index contributed by atoms with van der Waals surface area (Å²) >= 11 is 0. The molecule has 4 nitrogen and oxygen atoms in total. The van der Waals surface area contributed by atoms with Crippen LogP contribution in [0.25, 0.3) is 0 Å². The van der Waals surface area contributed by atoms with Gasteiger partial charge in [-0.1, -0.05) is 24.3 Å². The van der Waals surface area contributed by atoms with Gasteiger partial charge >= 0.3 is 5.97 Å². The molecule has 0 fully saturated rings. The summed E-state index contributed by atoms with van der Waals surface area (Å²) in [6.45, 7) is 2.02. The van der Waals surface area contributed by atoms with Crippen molar-refractivity contribution in [2.24, 2.45) is 0 Å². The Bertz CT molecular complexity index is 901. The van der Waals surface area contributed by atoms with Crippen molar-refractivity contribution in [3.63, 3.8) is 0 Å². The second kappa shape index (κ2) is 5.84. The Balaban J connectivity index is 1.85. The first-order valence-electron chi connectivity index (χ1n) is 8.10. The third kappa shape index (κ3) is 2.52. The van der Waals surface area contributed by atoms with E-state index >= 15 is 0 Å². The molecule has 2 aliphatic rings. The summed E-state index contributed by atoms with van der Waals surface area (Å²) in [5, 5.41) is 0. The number of nitrogens with zero attached hydrogens (tertiary/aromatic N) is 1. The summed E-state index contributed by atoms with van der Waals surface area (Å²) in [6, 6.07) is 13.4. The standard InChI is InChI=1S/C20H16FNO3/c1-12-4-2-3-5-15(12)16-10-18(23)22(14-8-6-13(21)7-9-14)17-11-25-20(24)19(16)17/h2-9,16H,10-11H2,1H3. The van der Waals surface area contributed by atoms with Crippen LogP contribution in [0.2, 0.25) is 0 Å². The van der Waals surface area contributed by atoms with Crippen LogP contribution < -0.4 is 4.90 Å². The van der Waals surface area contributed by atoms with E-state index in [-0.39, 0.29) is 36.6 Å². The molecule has 0 saturated heterocycles. The van der Waals surface area contributed by atoms with Crippen molar-refractivity contribution < 1.29 is 18.7 Å². The Morgan fingerprint density at radius 1 is 1.08 bits per heavy atom. The van der Waals surface area contributed by atoms with Crippen LogP contribution in [0.15, 0.2) is 59.8 Å². The Morgan fingerprint density at radius 2 is 1.80 bits per heavy atom. The summed E-state index contributed by atoms with van der Waals surface area (Å²) in [4.78, 5) is 26.7. The minimum Gasteiger partial charge on any atom is -0.456 e. The molecular formula is C20H16FNO3. The van der Waals surface area contributed by atoms with E-state index in [0.717, 1.165) is 11.1 Å². The van der Waals surface area contributed by atoms with Gasteiger partial charge in [-0.2, -0.15) is 0 Å². The lowest BCUT2D eigenvalue weighted by molar-refractivity contribution is -0.136. The predicted octanol–water partition coefficient (Wildman–Crippen LogP) is 3.47. The number of carbonyl (C=O) groups is 2. The van der Waals surface area contributed by atoms with E-state index in [2.05, 4.69) is 0 Å². The Hall–Kier alpha value is -2.95. The highest BCUT2D eigenvalue weighted by Gasteiger charge is 2.43. The Morgan fingerprint density at radius 3 is 2.52 bits per heavy atom. The summed E-state index contributed by atoms with van der Waals surface area (Å²) in [7, 11) is 0. The van der Waals surface area contributed by atoms with Crippen molar-refractivity contribution in [3.05, 3.63) is 76.7 Å². The van der Waals surface area contributed by atoms with Gasteiger partial charge in [0.05, 0.1) is 11.3 Å². The highest BCUT2D eigenvalue weighted by atomic mass is 19.1. The molecule has 5 heteroatoms. The molecule has 0 spiro atoms. The second-order valence-corrected chi connectivity index (χ2v) is 6.26.